The quantitative estimate of drug-likeness (QED) is 0.873. The van der Waals surface area contributed by atoms with Crippen LogP contribution in [0, 0.1) is 0 Å². The predicted molar refractivity (Wildman–Crippen MR) is 83.3 cm³/mol. The lowest BCUT2D eigenvalue weighted by Gasteiger charge is -2.08. The largest absolute Gasteiger partial charge is 0.326 e. The van der Waals surface area contributed by atoms with Gasteiger partial charge in [0.05, 0.1) is 0 Å². The molecule has 0 atom stereocenters. The van der Waals surface area contributed by atoms with Gasteiger partial charge >= 0.3 is 0 Å². The first kappa shape index (κ1) is 13.3. The third kappa shape index (κ3) is 3.09. The lowest BCUT2D eigenvalue weighted by molar-refractivity contribution is 0.692. The molecule has 2 nitrogen and oxygen atoms in total. The third-order valence-corrected chi connectivity index (χ3v) is 4.08. The van der Waals surface area contributed by atoms with E-state index in [2.05, 4.69) is 47.8 Å². The van der Waals surface area contributed by atoms with Crippen LogP contribution in [-0.2, 0) is 32.5 Å². The Kier molecular flexibility index (Phi) is 4.14. The molecule has 0 bridgehead atoms. The summed E-state index contributed by atoms with van der Waals surface area (Å²) < 4.78 is 0. The van der Waals surface area contributed by atoms with Crippen molar-refractivity contribution < 1.29 is 0 Å². The van der Waals surface area contributed by atoms with Crippen molar-refractivity contribution in [2.45, 2.75) is 38.9 Å². The summed E-state index contributed by atoms with van der Waals surface area (Å²) in [5, 5.41) is 3.52. The Morgan fingerprint density at radius 1 is 0.800 bits per heavy atom. The van der Waals surface area contributed by atoms with E-state index in [4.69, 9.17) is 5.73 Å². The van der Waals surface area contributed by atoms with E-state index < -0.39 is 0 Å². The molecule has 0 aliphatic heterocycles. The molecule has 2 aromatic carbocycles. The standard InChI is InChI=1S/C18H22N2/c19-11-14-4-6-15(7-5-14)12-20-13-16-8-9-17-2-1-3-18(17)10-16/h4-10,20H,1-3,11-13,19H2. The van der Waals surface area contributed by atoms with E-state index in [0.717, 1.165) is 13.1 Å². The second-order valence-electron chi connectivity index (χ2n) is 5.58. The maximum atomic E-state index is 5.60. The van der Waals surface area contributed by atoms with Gasteiger partial charge in [0.25, 0.3) is 0 Å². The van der Waals surface area contributed by atoms with Crippen LogP contribution in [0.15, 0.2) is 42.5 Å². The van der Waals surface area contributed by atoms with Gasteiger partial charge in [0.1, 0.15) is 0 Å². The highest BCUT2D eigenvalue weighted by Gasteiger charge is 2.10. The van der Waals surface area contributed by atoms with Crippen LogP contribution in [0.25, 0.3) is 0 Å². The third-order valence-electron chi connectivity index (χ3n) is 4.08. The van der Waals surface area contributed by atoms with Crippen LogP contribution in [0.3, 0.4) is 0 Å². The summed E-state index contributed by atoms with van der Waals surface area (Å²) in [5.41, 5.74) is 12.6. The van der Waals surface area contributed by atoms with E-state index in [9.17, 15) is 0 Å². The van der Waals surface area contributed by atoms with Crippen molar-refractivity contribution >= 4 is 0 Å². The number of nitrogens with one attached hydrogen (secondary N) is 1. The van der Waals surface area contributed by atoms with Crippen LogP contribution >= 0.6 is 0 Å². The zero-order valence-electron chi connectivity index (χ0n) is 11.9. The van der Waals surface area contributed by atoms with Gasteiger partial charge in [0, 0.05) is 19.6 Å². The summed E-state index contributed by atoms with van der Waals surface area (Å²) in [6, 6.07) is 15.4. The predicted octanol–water partition coefficient (Wildman–Crippen LogP) is 2.92. The maximum absolute atomic E-state index is 5.60. The van der Waals surface area contributed by atoms with Gasteiger partial charge in [0.15, 0.2) is 0 Å². The number of hydrogen-bond donors (Lipinski definition) is 2. The van der Waals surface area contributed by atoms with Gasteiger partial charge in [-0.1, -0.05) is 42.5 Å². The van der Waals surface area contributed by atoms with Crippen LogP contribution in [0.1, 0.15) is 34.2 Å². The van der Waals surface area contributed by atoms with Crippen molar-refractivity contribution in [2.24, 2.45) is 5.73 Å². The SMILES string of the molecule is NCc1ccc(CNCc2ccc3c(c2)CCC3)cc1. The molecule has 0 spiro atoms. The van der Waals surface area contributed by atoms with Crippen molar-refractivity contribution in [1.82, 2.24) is 5.32 Å². The molecular formula is C18H22N2. The number of aryl methyl sites for hydroxylation is 2. The minimum absolute atomic E-state index is 0.614. The summed E-state index contributed by atoms with van der Waals surface area (Å²) >= 11 is 0. The molecule has 0 saturated heterocycles. The van der Waals surface area contributed by atoms with Gasteiger partial charge in [-0.2, -0.15) is 0 Å². The van der Waals surface area contributed by atoms with E-state index in [1.165, 1.54) is 36.0 Å². The average molecular weight is 266 g/mol. The average Bonchev–Trinajstić information content (AvgIpc) is 2.95. The monoisotopic (exact) mass is 266 g/mol. The smallest absolute Gasteiger partial charge is 0.0208 e. The van der Waals surface area contributed by atoms with E-state index >= 15 is 0 Å². The molecule has 20 heavy (non-hydrogen) atoms. The van der Waals surface area contributed by atoms with Crippen molar-refractivity contribution in [3.05, 3.63) is 70.3 Å². The summed E-state index contributed by atoms with van der Waals surface area (Å²) in [4.78, 5) is 0. The molecule has 104 valence electrons. The molecule has 1 aliphatic rings. The highest BCUT2D eigenvalue weighted by atomic mass is 14.8. The fraction of sp³-hybridized carbons (Fsp3) is 0.333. The number of fused-ring (bicyclic) bond motifs is 1. The van der Waals surface area contributed by atoms with Gasteiger partial charge in [-0.05, 0) is 47.1 Å². The molecule has 0 unspecified atom stereocenters. The molecular weight excluding hydrogens is 244 g/mol. The maximum Gasteiger partial charge on any atom is 0.0208 e. The van der Waals surface area contributed by atoms with Crippen molar-refractivity contribution in [1.29, 1.82) is 0 Å². The van der Waals surface area contributed by atoms with Gasteiger partial charge < -0.3 is 11.1 Å². The Hall–Kier alpha value is -1.64. The number of hydrogen-bond acceptors (Lipinski definition) is 2. The molecule has 0 heterocycles. The minimum atomic E-state index is 0.614. The minimum Gasteiger partial charge on any atom is -0.326 e. The topological polar surface area (TPSA) is 38.0 Å². The molecule has 2 heteroatoms. The molecule has 0 aromatic heterocycles. The molecule has 3 N–H and O–H groups in total. The Morgan fingerprint density at radius 2 is 1.45 bits per heavy atom. The zero-order valence-corrected chi connectivity index (χ0v) is 11.9. The number of rotatable bonds is 5. The summed E-state index contributed by atoms with van der Waals surface area (Å²) in [6.07, 6.45) is 3.83. The molecule has 3 rings (SSSR count). The number of nitrogens with two attached hydrogens (primary N) is 1. The molecule has 0 amide bonds. The lowest BCUT2D eigenvalue weighted by Crippen LogP contribution is -2.13. The number of benzene rings is 2. The molecule has 2 aromatic rings. The summed E-state index contributed by atoms with van der Waals surface area (Å²) in [6.45, 7) is 2.46. The van der Waals surface area contributed by atoms with Crippen molar-refractivity contribution in [3.8, 4) is 0 Å². The van der Waals surface area contributed by atoms with Gasteiger partial charge in [-0.15, -0.1) is 0 Å². The Morgan fingerprint density at radius 3 is 2.25 bits per heavy atom. The Balaban J connectivity index is 1.54. The molecule has 0 radical (unpaired) electrons. The van der Waals surface area contributed by atoms with Crippen LogP contribution < -0.4 is 11.1 Å². The van der Waals surface area contributed by atoms with Crippen LogP contribution in [-0.4, -0.2) is 0 Å². The lowest BCUT2D eigenvalue weighted by atomic mass is 10.1. The van der Waals surface area contributed by atoms with Gasteiger partial charge in [-0.3, -0.25) is 0 Å². The van der Waals surface area contributed by atoms with Crippen LogP contribution in [0.2, 0.25) is 0 Å². The van der Waals surface area contributed by atoms with E-state index in [0.29, 0.717) is 6.54 Å². The highest BCUT2D eigenvalue weighted by Crippen LogP contribution is 2.22. The first-order valence-corrected chi connectivity index (χ1v) is 7.44. The first-order valence-electron chi connectivity index (χ1n) is 7.44. The van der Waals surface area contributed by atoms with Crippen molar-refractivity contribution in [3.63, 3.8) is 0 Å². The Bertz CT molecular complexity index is 572. The molecule has 0 fully saturated rings. The van der Waals surface area contributed by atoms with Crippen molar-refractivity contribution in [2.75, 3.05) is 0 Å². The highest BCUT2D eigenvalue weighted by molar-refractivity contribution is 5.35. The molecule has 1 aliphatic carbocycles. The second kappa shape index (κ2) is 6.21. The van der Waals surface area contributed by atoms with Gasteiger partial charge in [0.2, 0.25) is 0 Å². The van der Waals surface area contributed by atoms with Gasteiger partial charge in [-0.25, -0.2) is 0 Å². The van der Waals surface area contributed by atoms with E-state index in [1.807, 2.05) is 0 Å². The second-order valence-corrected chi connectivity index (χ2v) is 5.58. The normalized spacial score (nSPS) is 13.4. The summed E-state index contributed by atoms with van der Waals surface area (Å²) in [5.74, 6) is 0. The zero-order chi connectivity index (χ0) is 13.8. The summed E-state index contributed by atoms with van der Waals surface area (Å²) in [7, 11) is 0. The Labute approximate surface area is 121 Å². The fourth-order valence-corrected chi connectivity index (χ4v) is 2.88. The first-order chi connectivity index (χ1) is 9.85. The van der Waals surface area contributed by atoms with Crippen LogP contribution in [0.4, 0.5) is 0 Å². The fourth-order valence-electron chi connectivity index (χ4n) is 2.88. The van der Waals surface area contributed by atoms with Crippen LogP contribution in [0.5, 0.6) is 0 Å². The van der Waals surface area contributed by atoms with E-state index in [1.54, 1.807) is 11.1 Å². The van der Waals surface area contributed by atoms with E-state index in [-0.39, 0.29) is 0 Å². The molecule has 0 saturated carbocycles.